The summed E-state index contributed by atoms with van der Waals surface area (Å²) in [7, 11) is 0. The molecule has 2 aliphatic carbocycles. The van der Waals surface area contributed by atoms with Gasteiger partial charge in [-0.15, -0.1) is 0 Å². The van der Waals surface area contributed by atoms with Crippen LogP contribution in [0.1, 0.15) is 44.9 Å². The van der Waals surface area contributed by atoms with E-state index in [1.165, 1.54) is 0 Å². The van der Waals surface area contributed by atoms with Crippen LogP contribution in [0.5, 0.6) is 0 Å². The fourth-order valence-electron chi connectivity index (χ4n) is 3.19. The van der Waals surface area contributed by atoms with Gasteiger partial charge in [-0.05, 0) is 32.1 Å². The second kappa shape index (κ2) is 5.14. The van der Waals surface area contributed by atoms with Crippen LogP contribution in [0.3, 0.4) is 0 Å². The second-order valence-electron chi connectivity index (χ2n) is 5.48. The van der Waals surface area contributed by atoms with Gasteiger partial charge in [0.15, 0.2) is 0 Å². The molecule has 0 saturated heterocycles. The predicted octanol–water partition coefficient (Wildman–Crippen LogP) is 2.58. The van der Waals surface area contributed by atoms with Gasteiger partial charge in [-0.2, -0.15) is 13.2 Å². The zero-order valence-electron chi connectivity index (χ0n) is 9.97. The maximum absolute atomic E-state index is 12.9. The van der Waals surface area contributed by atoms with Gasteiger partial charge in [-0.3, -0.25) is 0 Å². The van der Waals surface area contributed by atoms with E-state index in [1.54, 1.807) is 0 Å². The van der Waals surface area contributed by atoms with Crippen LogP contribution in [-0.2, 0) is 0 Å². The number of halogens is 3. The largest absolute Gasteiger partial charge is 0.393 e. The Labute approximate surface area is 100 Å². The molecule has 2 rings (SSSR count). The molecule has 4 unspecified atom stereocenters. The molecule has 2 aliphatic rings. The van der Waals surface area contributed by atoms with Crippen molar-refractivity contribution in [2.75, 3.05) is 0 Å². The molecule has 4 atom stereocenters. The third-order valence-corrected chi connectivity index (χ3v) is 4.11. The number of rotatable bonds is 2. The molecule has 0 bridgehead atoms. The van der Waals surface area contributed by atoms with Crippen LogP contribution in [0, 0.1) is 5.92 Å². The second-order valence-corrected chi connectivity index (χ2v) is 5.48. The molecule has 0 aliphatic heterocycles. The minimum atomic E-state index is -4.06. The monoisotopic (exact) mass is 250 g/mol. The van der Waals surface area contributed by atoms with Crippen molar-refractivity contribution in [1.29, 1.82) is 0 Å². The molecule has 3 N–H and O–H groups in total. The van der Waals surface area contributed by atoms with Gasteiger partial charge in [-0.25, -0.2) is 0 Å². The molecule has 100 valence electrons. The maximum Gasteiger partial charge on any atom is 0.393 e. The highest BCUT2D eigenvalue weighted by Crippen LogP contribution is 2.38. The van der Waals surface area contributed by atoms with Crippen molar-refractivity contribution >= 4 is 0 Å². The Morgan fingerprint density at radius 2 is 1.71 bits per heavy atom. The van der Waals surface area contributed by atoms with Crippen molar-refractivity contribution in [3.8, 4) is 0 Å². The maximum atomic E-state index is 12.9. The van der Waals surface area contributed by atoms with Gasteiger partial charge in [0.1, 0.15) is 0 Å². The molecule has 0 spiro atoms. The van der Waals surface area contributed by atoms with Crippen LogP contribution in [0.4, 0.5) is 13.2 Å². The Hall–Kier alpha value is -0.290. The van der Waals surface area contributed by atoms with Crippen LogP contribution >= 0.6 is 0 Å². The summed E-state index contributed by atoms with van der Waals surface area (Å²) in [4.78, 5) is 0. The lowest BCUT2D eigenvalue weighted by Crippen LogP contribution is -2.48. The first-order valence-electron chi connectivity index (χ1n) is 6.55. The van der Waals surface area contributed by atoms with Crippen molar-refractivity contribution in [2.45, 2.75) is 69.2 Å². The van der Waals surface area contributed by atoms with Gasteiger partial charge in [0.25, 0.3) is 0 Å². The van der Waals surface area contributed by atoms with E-state index < -0.39 is 12.1 Å². The summed E-state index contributed by atoms with van der Waals surface area (Å²) >= 11 is 0. The Kier molecular flexibility index (Phi) is 3.98. The molecule has 0 amide bonds. The van der Waals surface area contributed by atoms with Crippen molar-refractivity contribution in [3.63, 3.8) is 0 Å². The number of hydrogen-bond acceptors (Lipinski definition) is 2. The van der Waals surface area contributed by atoms with E-state index in [2.05, 4.69) is 5.32 Å². The van der Waals surface area contributed by atoms with Crippen molar-refractivity contribution in [1.82, 2.24) is 5.32 Å². The van der Waals surface area contributed by atoms with E-state index >= 15 is 0 Å². The van der Waals surface area contributed by atoms with Gasteiger partial charge in [-0.1, -0.05) is 12.8 Å². The summed E-state index contributed by atoms with van der Waals surface area (Å²) in [6.45, 7) is 0. The highest BCUT2D eigenvalue weighted by Gasteiger charge is 2.46. The van der Waals surface area contributed by atoms with Gasteiger partial charge in [0, 0.05) is 18.1 Å². The topological polar surface area (TPSA) is 38.0 Å². The fraction of sp³-hybridized carbons (Fsp3) is 1.00. The Balaban J connectivity index is 1.92. The Bertz CT molecular complexity index is 255. The Morgan fingerprint density at radius 3 is 2.29 bits per heavy atom. The molecular weight excluding hydrogens is 229 g/mol. The zero-order valence-corrected chi connectivity index (χ0v) is 9.97. The van der Waals surface area contributed by atoms with Crippen LogP contribution in [0.25, 0.3) is 0 Å². The highest BCUT2D eigenvalue weighted by atomic mass is 19.4. The molecule has 2 saturated carbocycles. The minimum Gasteiger partial charge on any atom is -0.328 e. The first-order valence-corrected chi connectivity index (χ1v) is 6.55. The third-order valence-electron chi connectivity index (χ3n) is 4.11. The minimum absolute atomic E-state index is 0.167. The standard InChI is InChI=1S/C12H21F3N2/c13-12(14,15)10-3-1-2-4-11(10)17-9-6-5-8(16)7-9/h8-11,17H,1-7,16H2. The van der Waals surface area contributed by atoms with E-state index in [9.17, 15) is 13.2 Å². The predicted molar refractivity (Wildman–Crippen MR) is 60.6 cm³/mol. The van der Waals surface area contributed by atoms with Crippen LogP contribution < -0.4 is 11.1 Å². The van der Waals surface area contributed by atoms with E-state index in [0.717, 1.165) is 25.7 Å². The lowest BCUT2D eigenvalue weighted by atomic mass is 9.83. The summed E-state index contributed by atoms with van der Waals surface area (Å²) in [5.74, 6) is -1.16. The third kappa shape index (κ3) is 3.35. The summed E-state index contributed by atoms with van der Waals surface area (Å²) in [6, 6.07) is -0.0302. The number of nitrogens with one attached hydrogen (secondary N) is 1. The van der Waals surface area contributed by atoms with E-state index in [1.807, 2.05) is 0 Å². The summed E-state index contributed by atoms with van der Waals surface area (Å²) in [5.41, 5.74) is 5.79. The molecule has 0 radical (unpaired) electrons. The molecule has 0 heterocycles. The molecule has 5 heteroatoms. The molecule has 17 heavy (non-hydrogen) atoms. The lowest BCUT2D eigenvalue weighted by molar-refractivity contribution is -0.189. The van der Waals surface area contributed by atoms with Gasteiger partial charge in [0.2, 0.25) is 0 Å². The quantitative estimate of drug-likeness (QED) is 0.790. The van der Waals surface area contributed by atoms with E-state index in [4.69, 9.17) is 5.73 Å². The summed E-state index contributed by atoms with van der Waals surface area (Å²) < 4.78 is 38.6. The molecule has 0 aromatic rings. The fourth-order valence-corrected chi connectivity index (χ4v) is 3.19. The number of alkyl halides is 3. The molecule has 2 fully saturated rings. The zero-order chi connectivity index (χ0) is 12.5. The molecule has 2 nitrogen and oxygen atoms in total. The van der Waals surface area contributed by atoms with Crippen molar-refractivity contribution < 1.29 is 13.2 Å². The van der Waals surface area contributed by atoms with Crippen LogP contribution in [0.2, 0.25) is 0 Å². The van der Waals surface area contributed by atoms with Crippen molar-refractivity contribution in [3.05, 3.63) is 0 Å². The molecule has 0 aromatic carbocycles. The normalized spacial score (nSPS) is 39.5. The Morgan fingerprint density at radius 1 is 1.00 bits per heavy atom. The lowest BCUT2D eigenvalue weighted by Gasteiger charge is -2.35. The van der Waals surface area contributed by atoms with Crippen molar-refractivity contribution in [2.24, 2.45) is 11.7 Å². The van der Waals surface area contributed by atoms with Crippen LogP contribution in [0.15, 0.2) is 0 Å². The first-order chi connectivity index (χ1) is 7.97. The molecular formula is C12H21F3N2. The van der Waals surface area contributed by atoms with Crippen LogP contribution in [-0.4, -0.2) is 24.3 Å². The average Bonchev–Trinajstić information content (AvgIpc) is 2.63. The summed E-state index contributed by atoms with van der Waals surface area (Å²) in [6.07, 6.45) is 1.15. The first kappa shape index (κ1) is 13.1. The SMILES string of the molecule is NC1CCC(NC2CCCCC2C(F)(F)F)C1. The van der Waals surface area contributed by atoms with E-state index in [-0.39, 0.29) is 24.5 Å². The summed E-state index contributed by atoms with van der Waals surface area (Å²) in [5, 5.41) is 3.20. The smallest absolute Gasteiger partial charge is 0.328 e. The average molecular weight is 250 g/mol. The van der Waals surface area contributed by atoms with Gasteiger partial charge < -0.3 is 11.1 Å². The van der Waals surface area contributed by atoms with E-state index in [0.29, 0.717) is 12.8 Å². The molecule has 0 aromatic heterocycles. The number of nitrogens with two attached hydrogens (primary N) is 1. The number of hydrogen-bond donors (Lipinski definition) is 2. The highest BCUT2D eigenvalue weighted by molar-refractivity contribution is 4.91. The van der Waals surface area contributed by atoms with Gasteiger partial charge >= 0.3 is 6.18 Å². The van der Waals surface area contributed by atoms with Gasteiger partial charge in [0.05, 0.1) is 5.92 Å².